The molecule has 2 atom stereocenters. The van der Waals surface area contributed by atoms with Crippen LogP contribution >= 0.6 is 0 Å². The predicted octanol–water partition coefficient (Wildman–Crippen LogP) is 4.96. The van der Waals surface area contributed by atoms with Gasteiger partial charge in [-0.05, 0) is 24.8 Å². The number of unbranched alkanes of at least 4 members (excludes halogenated alkanes) is 3. The standard InChI is InChI=1S/C21H31NO3/c1-3-5-6-10-14-18(11-4-2)20(23)22-19(16-25-21(22)24)15-17-12-8-7-9-13-17/h7-9,12-13,18-19H,3-6,10-11,14-16H2,1-2H3/t18-,19?/m1/s1. The van der Waals surface area contributed by atoms with Gasteiger partial charge in [-0.1, -0.05) is 76.3 Å². The fraction of sp³-hybridized carbons (Fsp3) is 0.619. The summed E-state index contributed by atoms with van der Waals surface area (Å²) in [5.74, 6) is -0.104. The van der Waals surface area contributed by atoms with Gasteiger partial charge in [0, 0.05) is 5.92 Å². The van der Waals surface area contributed by atoms with Gasteiger partial charge in [0.15, 0.2) is 0 Å². The van der Waals surface area contributed by atoms with Crippen LogP contribution in [0.15, 0.2) is 30.3 Å². The largest absolute Gasteiger partial charge is 0.447 e. The first-order chi connectivity index (χ1) is 12.2. The van der Waals surface area contributed by atoms with Gasteiger partial charge in [0.05, 0.1) is 6.04 Å². The van der Waals surface area contributed by atoms with E-state index >= 15 is 0 Å². The Labute approximate surface area is 151 Å². The Morgan fingerprint density at radius 1 is 1.12 bits per heavy atom. The van der Waals surface area contributed by atoms with Crippen LogP contribution < -0.4 is 0 Å². The van der Waals surface area contributed by atoms with Crippen LogP contribution in [0.25, 0.3) is 0 Å². The molecule has 0 aliphatic carbocycles. The highest BCUT2D eigenvalue weighted by Crippen LogP contribution is 2.25. The molecule has 1 heterocycles. The van der Waals surface area contributed by atoms with Crippen molar-refractivity contribution in [3.05, 3.63) is 35.9 Å². The molecule has 0 radical (unpaired) electrons. The highest BCUT2D eigenvalue weighted by Gasteiger charge is 2.40. The maximum absolute atomic E-state index is 13.0. The topological polar surface area (TPSA) is 46.6 Å². The molecule has 1 aromatic rings. The van der Waals surface area contributed by atoms with Gasteiger partial charge in [-0.3, -0.25) is 4.79 Å². The molecule has 2 amide bonds. The molecule has 4 nitrogen and oxygen atoms in total. The maximum Gasteiger partial charge on any atom is 0.416 e. The Kier molecular flexibility index (Phi) is 7.96. The molecule has 1 saturated heterocycles. The summed E-state index contributed by atoms with van der Waals surface area (Å²) in [4.78, 5) is 26.6. The van der Waals surface area contributed by atoms with Crippen LogP contribution in [0.3, 0.4) is 0 Å². The fourth-order valence-corrected chi connectivity index (χ4v) is 3.52. The van der Waals surface area contributed by atoms with Gasteiger partial charge in [0.2, 0.25) is 5.91 Å². The molecule has 1 unspecified atom stereocenters. The third kappa shape index (κ3) is 5.58. The minimum Gasteiger partial charge on any atom is -0.447 e. The van der Waals surface area contributed by atoms with Crippen LogP contribution in [-0.4, -0.2) is 29.5 Å². The van der Waals surface area contributed by atoms with E-state index in [1.54, 1.807) is 0 Å². The van der Waals surface area contributed by atoms with Crippen LogP contribution in [-0.2, 0) is 16.0 Å². The first-order valence-electron chi connectivity index (χ1n) is 9.71. The van der Waals surface area contributed by atoms with Gasteiger partial charge in [0.1, 0.15) is 6.61 Å². The van der Waals surface area contributed by atoms with E-state index in [1.165, 1.54) is 17.7 Å². The Bertz CT molecular complexity index is 543. The number of imide groups is 1. The van der Waals surface area contributed by atoms with Crippen molar-refractivity contribution in [2.75, 3.05) is 6.61 Å². The second-order valence-electron chi connectivity index (χ2n) is 6.96. The van der Waals surface area contributed by atoms with Gasteiger partial charge in [-0.25, -0.2) is 9.69 Å². The van der Waals surface area contributed by atoms with Gasteiger partial charge < -0.3 is 4.74 Å². The molecular formula is C21H31NO3. The van der Waals surface area contributed by atoms with Gasteiger partial charge in [-0.15, -0.1) is 0 Å². The lowest BCUT2D eigenvalue weighted by molar-refractivity contribution is -0.134. The first-order valence-corrected chi connectivity index (χ1v) is 9.71. The zero-order valence-electron chi connectivity index (χ0n) is 15.6. The molecule has 138 valence electrons. The summed E-state index contributed by atoms with van der Waals surface area (Å²) in [6.07, 6.45) is 7.45. The maximum atomic E-state index is 13.0. The number of rotatable bonds is 10. The Balaban J connectivity index is 2.02. The lowest BCUT2D eigenvalue weighted by Gasteiger charge is -2.25. The average Bonchev–Trinajstić information content (AvgIpc) is 2.98. The lowest BCUT2D eigenvalue weighted by atomic mass is 9.94. The normalized spacial score (nSPS) is 18.2. The molecule has 0 spiro atoms. The monoisotopic (exact) mass is 345 g/mol. The number of ether oxygens (including phenoxy) is 1. The smallest absolute Gasteiger partial charge is 0.416 e. The van der Waals surface area contributed by atoms with Gasteiger partial charge in [-0.2, -0.15) is 0 Å². The molecule has 1 fully saturated rings. The van der Waals surface area contributed by atoms with Gasteiger partial charge >= 0.3 is 6.09 Å². The zero-order valence-corrected chi connectivity index (χ0v) is 15.6. The molecule has 1 aliphatic heterocycles. The molecule has 2 rings (SSSR count). The molecule has 25 heavy (non-hydrogen) atoms. The SMILES string of the molecule is CCCCCC[C@@H](CCC)C(=O)N1C(=O)OCC1Cc1ccccc1. The number of hydrogen-bond donors (Lipinski definition) is 0. The highest BCUT2D eigenvalue weighted by atomic mass is 16.6. The summed E-state index contributed by atoms with van der Waals surface area (Å²) in [5, 5.41) is 0. The molecule has 1 aliphatic rings. The third-order valence-electron chi connectivity index (χ3n) is 4.91. The van der Waals surface area contributed by atoms with Crippen molar-refractivity contribution >= 4 is 12.0 Å². The summed E-state index contributed by atoms with van der Waals surface area (Å²) in [6.45, 7) is 4.58. The average molecular weight is 345 g/mol. The quantitative estimate of drug-likeness (QED) is 0.563. The lowest BCUT2D eigenvalue weighted by Crippen LogP contribution is -2.43. The number of nitrogens with zero attached hydrogens (tertiary/aromatic N) is 1. The summed E-state index contributed by atoms with van der Waals surface area (Å²) in [6, 6.07) is 9.80. The van der Waals surface area contributed by atoms with Gasteiger partial charge in [0.25, 0.3) is 0 Å². The number of amides is 2. The van der Waals surface area contributed by atoms with Crippen molar-refractivity contribution in [3.8, 4) is 0 Å². The van der Waals surface area contributed by atoms with Crippen molar-refractivity contribution in [2.24, 2.45) is 5.92 Å². The molecule has 0 aromatic heterocycles. The summed E-state index contributed by atoms with van der Waals surface area (Å²) >= 11 is 0. The Hall–Kier alpha value is -1.84. The molecular weight excluding hydrogens is 314 g/mol. The van der Waals surface area contributed by atoms with Crippen molar-refractivity contribution in [1.82, 2.24) is 4.90 Å². The van der Waals surface area contributed by atoms with E-state index in [2.05, 4.69) is 13.8 Å². The van der Waals surface area contributed by atoms with Crippen molar-refractivity contribution in [1.29, 1.82) is 0 Å². The number of benzene rings is 1. The van der Waals surface area contributed by atoms with Crippen molar-refractivity contribution < 1.29 is 14.3 Å². The number of carbonyl (C=O) groups excluding carboxylic acids is 2. The third-order valence-corrected chi connectivity index (χ3v) is 4.91. The van der Waals surface area contributed by atoms with Crippen LogP contribution in [0.1, 0.15) is 64.4 Å². The molecule has 0 bridgehead atoms. The minimum atomic E-state index is -0.472. The first kappa shape index (κ1) is 19.5. The second-order valence-corrected chi connectivity index (χ2v) is 6.96. The van der Waals surface area contributed by atoms with E-state index in [4.69, 9.17) is 4.74 Å². The number of hydrogen-bond acceptors (Lipinski definition) is 3. The summed E-state index contributed by atoms with van der Waals surface area (Å²) in [7, 11) is 0. The van der Waals surface area contributed by atoms with E-state index in [0.29, 0.717) is 13.0 Å². The van der Waals surface area contributed by atoms with Crippen molar-refractivity contribution in [3.63, 3.8) is 0 Å². The molecule has 0 saturated carbocycles. The van der Waals surface area contributed by atoms with E-state index in [-0.39, 0.29) is 17.9 Å². The van der Waals surface area contributed by atoms with E-state index in [9.17, 15) is 9.59 Å². The zero-order chi connectivity index (χ0) is 18.1. The fourth-order valence-electron chi connectivity index (χ4n) is 3.52. The van der Waals surface area contributed by atoms with Crippen LogP contribution in [0.5, 0.6) is 0 Å². The number of carbonyl (C=O) groups is 2. The van der Waals surface area contributed by atoms with Crippen LogP contribution in [0.2, 0.25) is 0 Å². The summed E-state index contributed by atoms with van der Waals surface area (Å²) < 4.78 is 5.21. The Morgan fingerprint density at radius 2 is 1.88 bits per heavy atom. The predicted molar refractivity (Wildman–Crippen MR) is 99.3 cm³/mol. The highest BCUT2D eigenvalue weighted by molar-refractivity contribution is 5.94. The Morgan fingerprint density at radius 3 is 2.56 bits per heavy atom. The van der Waals surface area contributed by atoms with Crippen molar-refractivity contribution in [2.45, 2.75) is 71.3 Å². The summed E-state index contributed by atoms with van der Waals surface area (Å²) in [5.41, 5.74) is 1.12. The van der Waals surface area contributed by atoms with Crippen LogP contribution in [0, 0.1) is 5.92 Å². The molecule has 4 heteroatoms. The molecule has 0 N–H and O–H groups in total. The molecule has 1 aromatic carbocycles. The minimum absolute atomic E-state index is 0.0400. The second kappa shape index (κ2) is 10.2. The van der Waals surface area contributed by atoms with Crippen LogP contribution in [0.4, 0.5) is 4.79 Å². The van der Waals surface area contributed by atoms with E-state index < -0.39 is 6.09 Å². The van der Waals surface area contributed by atoms with E-state index in [0.717, 1.165) is 37.7 Å². The number of cyclic esters (lactones) is 1. The van der Waals surface area contributed by atoms with E-state index in [1.807, 2.05) is 30.3 Å².